The van der Waals surface area contributed by atoms with E-state index >= 15 is 4.79 Å². The number of nitriles is 1. The smallest absolute Gasteiger partial charge is 0.258 e. The molecule has 3 aliphatic rings. The molecule has 2 atom stereocenters. The van der Waals surface area contributed by atoms with Gasteiger partial charge >= 0.3 is 0 Å². The molecule has 4 aromatic carbocycles. The second-order valence-electron chi connectivity index (χ2n) is 18.6. The maximum absolute atomic E-state index is 15.4. The number of hydrogen-bond acceptors (Lipinski definition) is 8. The number of fused-ring (bicyclic) bond motifs is 2. The molecule has 0 saturated carbocycles. The van der Waals surface area contributed by atoms with Crippen LogP contribution < -0.4 is 10.1 Å². The number of amides is 3. The number of phenolic OH excluding ortho intramolecular Hbond substituents is 1. The summed E-state index contributed by atoms with van der Waals surface area (Å²) in [7, 11) is 3.74. The first kappa shape index (κ1) is 46.0. The summed E-state index contributed by atoms with van der Waals surface area (Å²) < 4.78 is 15.5. The zero-order chi connectivity index (χ0) is 47.8. The van der Waals surface area contributed by atoms with Crippen LogP contribution in [0.5, 0.6) is 11.5 Å². The van der Waals surface area contributed by atoms with Crippen molar-refractivity contribution in [2.75, 3.05) is 44.7 Å². The summed E-state index contributed by atoms with van der Waals surface area (Å²) in [5.41, 5.74) is 11.1. The predicted octanol–water partition coefficient (Wildman–Crippen LogP) is 7.96. The van der Waals surface area contributed by atoms with Gasteiger partial charge in [-0.3, -0.25) is 19.3 Å². The molecule has 0 radical (unpaired) electrons. The second kappa shape index (κ2) is 19.2. The molecule has 0 unspecified atom stereocenters. The minimum atomic E-state index is -0.367. The fraction of sp³-hybridized carbons (Fsp3) is 0.345. The molecule has 68 heavy (non-hydrogen) atoms. The fourth-order valence-corrected chi connectivity index (χ4v) is 10.1. The minimum absolute atomic E-state index is 0.00134. The predicted molar refractivity (Wildman–Crippen MR) is 262 cm³/mol. The number of aromatic nitrogens is 2. The summed E-state index contributed by atoms with van der Waals surface area (Å²) in [6.45, 7) is 13.2. The average Bonchev–Trinajstić information content (AvgIpc) is 3.77. The summed E-state index contributed by atoms with van der Waals surface area (Å²) in [5.74, 6) is 0.340. The zero-order valence-electron chi connectivity index (χ0n) is 39.8. The van der Waals surface area contributed by atoms with E-state index in [1.54, 1.807) is 12.1 Å². The van der Waals surface area contributed by atoms with Gasteiger partial charge in [-0.2, -0.15) is 5.26 Å². The number of morpholine rings is 1. The lowest BCUT2D eigenvalue weighted by Crippen LogP contribution is -2.43. The van der Waals surface area contributed by atoms with Gasteiger partial charge in [-0.1, -0.05) is 36.4 Å². The van der Waals surface area contributed by atoms with E-state index in [1.807, 2.05) is 95.4 Å². The van der Waals surface area contributed by atoms with E-state index < -0.39 is 0 Å². The Balaban J connectivity index is 1.07. The first-order valence-corrected chi connectivity index (χ1v) is 23.5. The molecule has 1 fully saturated rings. The van der Waals surface area contributed by atoms with Crippen LogP contribution >= 0.6 is 0 Å². The molecule has 13 heteroatoms. The van der Waals surface area contributed by atoms with Crippen LogP contribution in [-0.2, 0) is 56.0 Å². The number of anilines is 1. The van der Waals surface area contributed by atoms with Gasteiger partial charge in [-0.25, -0.2) is 0 Å². The molecule has 2 N–H and O–H groups in total. The standard InChI is InChI=1S/C55H59N7O6/c1-34-25-39-9-7-8-10-41(39)33-62(34)55(66)49-28-42-32-61(50(64)26-38-11-17-46(18-12-38)68-24-22-60-21-23-67-35(2)31-60)20-19-40(42)27-48(49)53-52(47-29-44(30-56)58(5)36(47)3)51(37(4)59(53)6)54(65)57-43-13-15-45(63)16-14-43/h7-18,27-29,34-35,63H,19-26,31-33H2,1-6H3,(H,57,65)/t34-,35+/m1/s1. The lowest BCUT2D eigenvalue weighted by Gasteiger charge is -2.36. The Hall–Kier alpha value is -7.14. The van der Waals surface area contributed by atoms with Gasteiger partial charge in [0.25, 0.3) is 11.8 Å². The third kappa shape index (κ3) is 9.14. The number of nitrogens with one attached hydrogen (secondary N) is 1. The van der Waals surface area contributed by atoms with Crippen molar-refractivity contribution in [3.8, 4) is 40.0 Å². The van der Waals surface area contributed by atoms with Gasteiger partial charge in [0.05, 0.1) is 30.4 Å². The average molecular weight is 914 g/mol. The maximum atomic E-state index is 15.4. The Morgan fingerprint density at radius 1 is 0.853 bits per heavy atom. The highest BCUT2D eigenvalue weighted by Gasteiger charge is 2.35. The van der Waals surface area contributed by atoms with E-state index in [2.05, 4.69) is 48.3 Å². The largest absolute Gasteiger partial charge is 0.508 e. The van der Waals surface area contributed by atoms with Gasteiger partial charge in [0, 0.05) is 98.7 Å². The molecule has 2 aromatic heterocycles. The van der Waals surface area contributed by atoms with Crippen LogP contribution in [0, 0.1) is 25.2 Å². The van der Waals surface area contributed by atoms with E-state index in [0.29, 0.717) is 89.7 Å². The first-order valence-electron chi connectivity index (χ1n) is 23.5. The maximum Gasteiger partial charge on any atom is 0.258 e. The minimum Gasteiger partial charge on any atom is -0.508 e. The van der Waals surface area contributed by atoms with Gasteiger partial charge in [-0.05, 0) is 123 Å². The Kier molecular flexibility index (Phi) is 13.0. The highest BCUT2D eigenvalue weighted by Crippen LogP contribution is 2.44. The van der Waals surface area contributed by atoms with E-state index in [4.69, 9.17) is 9.47 Å². The topological polar surface area (TPSA) is 145 Å². The third-order valence-corrected chi connectivity index (χ3v) is 14.2. The van der Waals surface area contributed by atoms with E-state index in [9.17, 15) is 20.0 Å². The Bertz CT molecular complexity index is 2940. The summed E-state index contributed by atoms with van der Waals surface area (Å²) in [5, 5.41) is 23.2. The number of aromatic hydroxyl groups is 1. The van der Waals surface area contributed by atoms with Crippen LogP contribution in [0.25, 0.3) is 22.4 Å². The van der Waals surface area contributed by atoms with Gasteiger partial charge in [-0.15, -0.1) is 0 Å². The molecular formula is C55H59N7O6. The van der Waals surface area contributed by atoms with Crippen molar-refractivity contribution in [2.45, 2.75) is 72.2 Å². The van der Waals surface area contributed by atoms with Crippen LogP contribution in [0.2, 0.25) is 0 Å². The molecule has 13 nitrogen and oxygen atoms in total. The molecular weight excluding hydrogens is 855 g/mol. The lowest BCUT2D eigenvalue weighted by atomic mass is 9.87. The number of carbonyl (C=O) groups is 3. The monoisotopic (exact) mass is 913 g/mol. The highest BCUT2D eigenvalue weighted by atomic mass is 16.5. The molecule has 6 aromatic rings. The number of phenols is 1. The summed E-state index contributed by atoms with van der Waals surface area (Å²) in [4.78, 5) is 50.3. The van der Waals surface area contributed by atoms with Crippen LogP contribution in [0.4, 0.5) is 5.69 Å². The number of benzene rings is 4. The van der Waals surface area contributed by atoms with Gasteiger partial charge < -0.3 is 38.8 Å². The highest BCUT2D eigenvalue weighted by molar-refractivity contribution is 6.14. The molecule has 350 valence electrons. The number of carbonyl (C=O) groups excluding carboxylic acids is 3. The molecule has 0 bridgehead atoms. The van der Waals surface area contributed by atoms with Crippen molar-refractivity contribution in [1.82, 2.24) is 23.8 Å². The van der Waals surface area contributed by atoms with Crippen molar-refractivity contribution in [3.05, 3.63) is 147 Å². The van der Waals surface area contributed by atoms with Crippen LogP contribution in [0.15, 0.2) is 91.0 Å². The van der Waals surface area contributed by atoms with Crippen molar-refractivity contribution >= 4 is 23.4 Å². The molecule has 5 heterocycles. The Labute approximate surface area is 398 Å². The van der Waals surface area contributed by atoms with Gasteiger partial charge in [0.1, 0.15) is 29.9 Å². The Morgan fingerprint density at radius 2 is 1.60 bits per heavy atom. The number of hydrogen-bond donors (Lipinski definition) is 2. The van der Waals surface area contributed by atoms with E-state index in [0.717, 1.165) is 59.9 Å². The normalized spacial score (nSPS) is 17.0. The Morgan fingerprint density at radius 3 is 2.32 bits per heavy atom. The van der Waals surface area contributed by atoms with Gasteiger partial charge in [0.2, 0.25) is 5.91 Å². The molecule has 3 amide bonds. The molecule has 9 rings (SSSR count). The number of nitrogens with zero attached hydrogens (tertiary/aromatic N) is 6. The van der Waals surface area contributed by atoms with Gasteiger partial charge in [0.15, 0.2) is 0 Å². The molecule has 0 aliphatic carbocycles. The number of rotatable bonds is 11. The van der Waals surface area contributed by atoms with Crippen molar-refractivity contribution in [2.24, 2.45) is 14.1 Å². The van der Waals surface area contributed by atoms with Crippen LogP contribution in [0.1, 0.15) is 79.5 Å². The SMILES string of the molecule is Cc1c(-c2c(C(=O)Nc3ccc(O)cc3)c(C)n(C)c2-c2cc3c(cc2C(=O)N2Cc4ccccc4C[C@H]2C)CN(C(=O)Cc2ccc(OCCN4CCO[C@@H](C)C4)cc2)CC3)cc(C#N)n1C. The summed E-state index contributed by atoms with van der Waals surface area (Å²) in [6, 6.07) is 30.4. The third-order valence-electron chi connectivity index (χ3n) is 14.2. The van der Waals surface area contributed by atoms with Crippen LogP contribution in [0.3, 0.4) is 0 Å². The van der Waals surface area contributed by atoms with E-state index in [-0.39, 0.29) is 42.0 Å². The quantitative estimate of drug-likeness (QED) is 0.125. The van der Waals surface area contributed by atoms with Crippen LogP contribution in [-0.4, -0.2) is 98.2 Å². The molecule has 1 saturated heterocycles. The zero-order valence-corrected chi connectivity index (χ0v) is 39.8. The van der Waals surface area contributed by atoms with Crippen molar-refractivity contribution in [3.63, 3.8) is 0 Å². The van der Waals surface area contributed by atoms with Crippen molar-refractivity contribution < 1.29 is 29.0 Å². The summed E-state index contributed by atoms with van der Waals surface area (Å²) in [6.07, 6.45) is 1.74. The second-order valence-corrected chi connectivity index (χ2v) is 18.6. The van der Waals surface area contributed by atoms with Crippen molar-refractivity contribution in [1.29, 1.82) is 5.26 Å². The first-order chi connectivity index (χ1) is 32.8. The lowest BCUT2D eigenvalue weighted by molar-refractivity contribution is -0.131. The molecule has 0 spiro atoms. The number of ether oxygens (including phenoxy) is 2. The molecule has 3 aliphatic heterocycles. The summed E-state index contributed by atoms with van der Waals surface area (Å²) >= 11 is 0. The fourth-order valence-electron chi connectivity index (χ4n) is 10.1. The van der Waals surface area contributed by atoms with E-state index in [1.165, 1.54) is 17.7 Å².